The average molecular weight is 431 g/mol. The molecule has 1 aliphatic rings. The smallest absolute Gasteiger partial charge is 0.249 e. The maximum atomic E-state index is 10.7. The van der Waals surface area contributed by atoms with Gasteiger partial charge in [-0.3, -0.25) is 4.79 Å². The van der Waals surface area contributed by atoms with E-state index in [1.54, 1.807) is 0 Å². The SMILES string of the molecule is C=C(c1ccc(C)cc1)N(CCC)CCC.CC.CC(C)C.CC=C1C(=O)NC1CC. The minimum atomic E-state index is 0.101. The quantitative estimate of drug-likeness (QED) is 0.356. The minimum Gasteiger partial charge on any atom is -0.372 e. The van der Waals surface area contributed by atoms with Crippen molar-refractivity contribution in [1.29, 1.82) is 0 Å². The summed E-state index contributed by atoms with van der Waals surface area (Å²) < 4.78 is 0. The van der Waals surface area contributed by atoms with Crippen LogP contribution in [0.5, 0.6) is 0 Å². The summed E-state index contributed by atoms with van der Waals surface area (Å²) in [6.45, 7) is 27.4. The molecule has 3 nitrogen and oxygen atoms in total. The molecule has 1 atom stereocenters. The molecular weight excluding hydrogens is 380 g/mol. The second kappa shape index (κ2) is 18.7. The number of aryl methyl sites for hydroxylation is 1. The summed E-state index contributed by atoms with van der Waals surface area (Å²) in [4.78, 5) is 13.0. The van der Waals surface area contributed by atoms with Gasteiger partial charge >= 0.3 is 0 Å². The molecule has 1 saturated heterocycles. The van der Waals surface area contributed by atoms with Gasteiger partial charge in [-0.15, -0.1) is 0 Å². The number of hydrogen-bond acceptors (Lipinski definition) is 2. The number of carbonyl (C=O) groups is 1. The fourth-order valence-electron chi connectivity index (χ4n) is 2.90. The summed E-state index contributed by atoms with van der Waals surface area (Å²) in [5.41, 5.74) is 4.64. The highest BCUT2D eigenvalue weighted by molar-refractivity contribution is 6.01. The Morgan fingerprint density at radius 3 is 1.81 bits per heavy atom. The fraction of sp³-hybridized carbons (Fsp3) is 0.607. The van der Waals surface area contributed by atoms with Crippen molar-refractivity contribution in [1.82, 2.24) is 10.2 Å². The highest BCUT2D eigenvalue weighted by Crippen LogP contribution is 2.18. The Hall–Kier alpha value is -2.03. The van der Waals surface area contributed by atoms with Crippen LogP contribution >= 0.6 is 0 Å². The van der Waals surface area contributed by atoms with Crippen LogP contribution in [-0.4, -0.2) is 29.9 Å². The van der Waals surface area contributed by atoms with Gasteiger partial charge in [0, 0.05) is 24.4 Å². The molecule has 1 unspecified atom stereocenters. The van der Waals surface area contributed by atoms with Crippen molar-refractivity contribution in [3.05, 3.63) is 53.6 Å². The third-order valence-corrected chi connectivity index (χ3v) is 4.42. The largest absolute Gasteiger partial charge is 0.372 e. The zero-order valence-corrected chi connectivity index (χ0v) is 22.1. The lowest BCUT2D eigenvalue weighted by Gasteiger charge is -2.29. The van der Waals surface area contributed by atoms with Gasteiger partial charge < -0.3 is 10.2 Å². The van der Waals surface area contributed by atoms with E-state index >= 15 is 0 Å². The lowest BCUT2D eigenvalue weighted by Crippen LogP contribution is -2.50. The van der Waals surface area contributed by atoms with E-state index in [2.05, 4.69) is 89.5 Å². The molecule has 0 radical (unpaired) electrons. The van der Waals surface area contributed by atoms with Gasteiger partial charge in [0.2, 0.25) is 5.91 Å². The monoisotopic (exact) mass is 430 g/mol. The fourth-order valence-corrected chi connectivity index (χ4v) is 2.90. The maximum Gasteiger partial charge on any atom is 0.249 e. The van der Waals surface area contributed by atoms with Crippen molar-refractivity contribution in [2.75, 3.05) is 13.1 Å². The van der Waals surface area contributed by atoms with Crippen LogP contribution < -0.4 is 5.32 Å². The Morgan fingerprint density at radius 1 is 1.06 bits per heavy atom. The van der Waals surface area contributed by atoms with Crippen molar-refractivity contribution in [3.8, 4) is 0 Å². The van der Waals surface area contributed by atoms with Crippen molar-refractivity contribution in [2.45, 2.75) is 94.5 Å². The second-order valence-corrected chi connectivity index (χ2v) is 8.21. The van der Waals surface area contributed by atoms with Gasteiger partial charge in [0.1, 0.15) is 0 Å². The molecule has 1 aliphatic heterocycles. The molecule has 0 bridgehead atoms. The first-order valence-corrected chi connectivity index (χ1v) is 12.2. The van der Waals surface area contributed by atoms with E-state index in [4.69, 9.17) is 0 Å². The number of nitrogens with one attached hydrogen (secondary N) is 1. The van der Waals surface area contributed by atoms with Gasteiger partial charge in [-0.25, -0.2) is 0 Å². The lowest BCUT2D eigenvalue weighted by atomic mass is 9.96. The summed E-state index contributed by atoms with van der Waals surface area (Å²) >= 11 is 0. The van der Waals surface area contributed by atoms with E-state index in [1.165, 1.54) is 24.0 Å². The zero-order chi connectivity index (χ0) is 24.4. The van der Waals surface area contributed by atoms with Crippen LogP contribution in [0, 0.1) is 12.8 Å². The highest BCUT2D eigenvalue weighted by Gasteiger charge is 2.29. The summed E-state index contributed by atoms with van der Waals surface area (Å²) in [6, 6.07) is 8.96. The average Bonchev–Trinajstić information content (AvgIpc) is 2.73. The van der Waals surface area contributed by atoms with Crippen LogP contribution in [-0.2, 0) is 4.79 Å². The topological polar surface area (TPSA) is 32.3 Å². The third kappa shape index (κ3) is 13.1. The third-order valence-electron chi connectivity index (χ3n) is 4.42. The predicted molar refractivity (Wildman–Crippen MR) is 140 cm³/mol. The second-order valence-electron chi connectivity index (χ2n) is 8.21. The normalized spacial score (nSPS) is 15.3. The van der Waals surface area contributed by atoms with Gasteiger partial charge in [-0.1, -0.05) is 97.9 Å². The number of nitrogens with zero attached hydrogens (tertiary/aromatic N) is 1. The molecule has 3 heteroatoms. The first-order chi connectivity index (χ1) is 14.7. The Kier molecular flexibility index (Phi) is 18.8. The Labute approximate surface area is 194 Å². The van der Waals surface area contributed by atoms with Crippen LogP contribution in [0.15, 0.2) is 42.5 Å². The van der Waals surface area contributed by atoms with Crippen LogP contribution in [0.25, 0.3) is 5.70 Å². The number of allylic oxidation sites excluding steroid dienone is 1. The van der Waals surface area contributed by atoms with Gasteiger partial charge in [0.05, 0.1) is 6.04 Å². The molecule has 1 fully saturated rings. The Bertz CT molecular complexity index is 620. The van der Waals surface area contributed by atoms with E-state index in [0.717, 1.165) is 36.7 Å². The first kappa shape index (κ1) is 31.2. The molecular formula is C28H50N2O. The van der Waals surface area contributed by atoms with E-state index in [0.29, 0.717) is 6.04 Å². The van der Waals surface area contributed by atoms with Crippen LogP contribution in [0.4, 0.5) is 0 Å². The summed E-state index contributed by atoms with van der Waals surface area (Å²) in [5.74, 6) is 0.935. The van der Waals surface area contributed by atoms with E-state index in [-0.39, 0.29) is 5.91 Å². The zero-order valence-electron chi connectivity index (χ0n) is 22.1. The van der Waals surface area contributed by atoms with Gasteiger partial charge in [-0.05, 0) is 44.6 Å². The van der Waals surface area contributed by atoms with Crippen molar-refractivity contribution in [3.63, 3.8) is 0 Å². The molecule has 1 aromatic carbocycles. The van der Waals surface area contributed by atoms with Crippen molar-refractivity contribution in [2.24, 2.45) is 5.92 Å². The minimum absolute atomic E-state index is 0.101. The first-order valence-electron chi connectivity index (χ1n) is 12.2. The number of benzene rings is 1. The number of amides is 1. The van der Waals surface area contributed by atoms with Gasteiger partial charge in [0.25, 0.3) is 0 Å². The molecule has 1 amide bonds. The van der Waals surface area contributed by atoms with Crippen LogP contribution in [0.1, 0.15) is 92.7 Å². The summed E-state index contributed by atoms with van der Waals surface area (Å²) in [7, 11) is 0. The molecule has 0 aromatic heterocycles. The Morgan fingerprint density at radius 2 is 1.52 bits per heavy atom. The summed E-state index contributed by atoms with van der Waals surface area (Å²) in [5, 5.41) is 2.79. The molecule has 0 spiro atoms. The molecule has 0 aliphatic carbocycles. The molecule has 1 aromatic rings. The molecule has 31 heavy (non-hydrogen) atoms. The lowest BCUT2D eigenvalue weighted by molar-refractivity contribution is -0.122. The number of β-lactam (4-membered cyclic amide) rings is 1. The van der Waals surface area contributed by atoms with Crippen molar-refractivity contribution < 1.29 is 4.79 Å². The number of hydrogen-bond donors (Lipinski definition) is 1. The van der Waals surface area contributed by atoms with Crippen molar-refractivity contribution >= 4 is 11.6 Å². The highest BCUT2D eigenvalue weighted by atomic mass is 16.2. The molecule has 178 valence electrons. The molecule has 1 N–H and O–H groups in total. The molecule has 0 saturated carbocycles. The van der Waals surface area contributed by atoms with Gasteiger partial charge in [0.15, 0.2) is 0 Å². The summed E-state index contributed by atoms with van der Waals surface area (Å²) in [6.07, 6.45) is 5.23. The van der Waals surface area contributed by atoms with E-state index in [1.807, 2.05) is 26.8 Å². The van der Waals surface area contributed by atoms with Gasteiger partial charge in [-0.2, -0.15) is 0 Å². The standard InChI is InChI=1S/C15H23N.C7H11NO.C4H10.C2H6/c1-5-11-16(12-6-2)14(4)15-9-7-13(3)8-10-15;1-3-5-6(4-2)8-7(5)9;1-4(2)3;1-2/h7-10H,4-6,11-12H2,1-3H3;3,6H,4H2,1-2H3,(H,8,9);4H,1-3H3;1-2H3. The number of carbonyl (C=O) groups excluding carboxylic acids is 1. The predicted octanol–water partition coefficient (Wildman–Crippen LogP) is 7.62. The Balaban J connectivity index is 0. The van der Waals surface area contributed by atoms with Crippen LogP contribution in [0.3, 0.4) is 0 Å². The van der Waals surface area contributed by atoms with E-state index < -0.39 is 0 Å². The van der Waals surface area contributed by atoms with Crippen LogP contribution in [0.2, 0.25) is 0 Å². The molecule has 1 heterocycles. The van der Waals surface area contributed by atoms with E-state index in [9.17, 15) is 4.79 Å². The molecule has 2 rings (SSSR count). The maximum absolute atomic E-state index is 10.7. The number of rotatable bonds is 7.